The molecular weight excluding hydrogens is 140 g/mol. The molecule has 1 heterocycles. The molecule has 1 atom stereocenters. The summed E-state index contributed by atoms with van der Waals surface area (Å²) in [6, 6.07) is 0. The summed E-state index contributed by atoms with van der Waals surface area (Å²) in [6.45, 7) is 4.32. The Kier molecular flexibility index (Phi) is 2.69. The lowest BCUT2D eigenvalue weighted by atomic mass is 10.0. The highest BCUT2D eigenvalue weighted by Crippen LogP contribution is 2.22. The fourth-order valence-corrected chi connectivity index (χ4v) is 1.27. The van der Waals surface area contributed by atoms with Crippen LogP contribution in [0.15, 0.2) is 11.8 Å². The lowest BCUT2D eigenvalue weighted by Gasteiger charge is -2.03. The van der Waals surface area contributed by atoms with Gasteiger partial charge in [0.15, 0.2) is 12.4 Å². The summed E-state index contributed by atoms with van der Waals surface area (Å²) in [5, 5.41) is 0. The SMILES string of the molecule is CC(C)CC1=COC(C=O)C1. The van der Waals surface area contributed by atoms with Crippen LogP contribution in [-0.2, 0) is 9.53 Å². The van der Waals surface area contributed by atoms with Crippen molar-refractivity contribution >= 4 is 6.29 Å². The number of carbonyl (C=O) groups excluding carboxylic acids is 1. The van der Waals surface area contributed by atoms with E-state index in [1.165, 1.54) is 5.57 Å². The molecule has 0 aliphatic carbocycles. The Bertz CT molecular complexity index is 170. The second-order valence-corrected chi connectivity index (χ2v) is 3.39. The Hall–Kier alpha value is -0.790. The van der Waals surface area contributed by atoms with Gasteiger partial charge in [-0.25, -0.2) is 0 Å². The summed E-state index contributed by atoms with van der Waals surface area (Å²) in [7, 11) is 0. The second-order valence-electron chi connectivity index (χ2n) is 3.39. The molecule has 0 radical (unpaired) electrons. The van der Waals surface area contributed by atoms with Crippen molar-refractivity contribution in [2.24, 2.45) is 5.92 Å². The predicted octanol–water partition coefficient (Wildman–Crippen LogP) is 1.90. The third-order valence-electron chi connectivity index (χ3n) is 1.70. The van der Waals surface area contributed by atoms with Gasteiger partial charge in [0.05, 0.1) is 6.26 Å². The number of aldehydes is 1. The molecule has 0 fully saturated rings. The molecule has 0 aromatic rings. The third-order valence-corrected chi connectivity index (χ3v) is 1.70. The van der Waals surface area contributed by atoms with Gasteiger partial charge in [0, 0.05) is 6.42 Å². The quantitative estimate of drug-likeness (QED) is 0.580. The molecule has 0 N–H and O–H groups in total. The maximum absolute atomic E-state index is 10.3. The average molecular weight is 154 g/mol. The largest absolute Gasteiger partial charge is 0.490 e. The van der Waals surface area contributed by atoms with Crippen LogP contribution in [0.1, 0.15) is 26.7 Å². The molecule has 62 valence electrons. The van der Waals surface area contributed by atoms with Crippen molar-refractivity contribution in [2.75, 3.05) is 0 Å². The lowest BCUT2D eigenvalue weighted by molar-refractivity contribution is -0.114. The van der Waals surface area contributed by atoms with E-state index in [0.29, 0.717) is 5.92 Å². The highest BCUT2D eigenvalue weighted by atomic mass is 16.5. The van der Waals surface area contributed by atoms with E-state index in [4.69, 9.17) is 4.74 Å². The molecule has 0 spiro atoms. The summed E-state index contributed by atoms with van der Waals surface area (Å²) in [5.74, 6) is 0.648. The van der Waals surface area contributed by atoms with E-state index in [1.54, 1.807) is 6.26 Å². The Morgan fingerprint density at radius 1 is 1.82 bits per heavy atom. The maximum atomic E-state index is 10.3. The van der Waals surface area contributed by atoms with Gasteiger partial charge in [-0.15, -0.1) is 0 Å². The zero-order chi connectivity index (χ0) is 8.27. The van der Waals surface area contributed by atoms with Crippen LogP contribution in [0.25, 0.3) is 0 Å². The van der Waals surface area contributed by atoms with Gasteiger partial charge in [-0.3, -0.25) is 4.79 Å². The summed E-state index contributed by atoms with van der Waals surface area (Å²) in [6.07, 6.45) is 4.23. The summed E-state index contributed by atoms with van der Waals surface area (Å²) < 4.78 is 5.09. The van der Waals surface area contributed by atoms with Gasteiger partial charge < -0.3 is 4.74 Å². The van der Waals surface area contributed by atoms with E-state index >= 15 is 0 Å². The summed E-state index contributed by atoms with van der Waals surface area (Å²) in [4.78, 5) is 10.3. The molecule has 0 aromatic heterocycles. The van der Waals surface area contributed by atoms with Crippen molar-refractivity contribution in [3.63, 3.8) is 0 Å². The molecule has 1 aliphatic heterocycles. The topological polar surface area (TPSA) is 26.3 Å². The third kappa shape index (κ3) is 2.37. The van der Waals surface area contributed by atoms with Crippen molar-refractivity contribution in [3.8, 4) is 0 Å². The molecule has 11 heavy (non-hydrogen) atoms. The molecule has 1 unspecified atom stereocenters. The van der Waals surface area contributed by atoms with Crippen molar-refractivity contribution in [1.29, 1.82) is 0 Å². The van der Waals surface area contributed by atoms with Gasteiger partial charge in [0.25, 0.3) is 0 Å². The molecule has 0 bridgehead atoms. The van der Waals surface area contributed by atoms with Gasteiger partial charge in [0.2, 0.25) is 0 Å². The van der Waals surface area contributed by atoms with Crippen molar-refractivity contribution in [1.82, 2.24) is 0 Å². The minimum atomic E-state index is -0.205. The maximum Gasteiger partial charge on any atom is 0.160 e. The molecule has 0 amide bonds. The van der Waals surface area contributed by atoms with Crippen LogP contribution >= 0.6 is 0 Å². The van der Waals surface area contributed by atoms with E-state index < -0.39 is 0 Å². The Morgan fingerprint density at radius 3 is 3.00 bits per heavy atom. The van der Waals surface area contributed by atoms with Gasteiger partial charge in [-0.1, -0.05) is 13.8 Å². The van der Waals surface area contributed by atoms with E-state index in [1.807, 2.05) is 0 Å². The fourth-order valence-electron chi connectivity index (χ4n) is 1.27. The van der Waals surface area contributed by atoms with Crippen LogP contribution in [0.3, 0.4) is 0 Å². The standard InChI is InChI=1S/C9H14O2/c1-7(2)3-8-4-9(5-10)11-6-8/h5-7,9H,3-4H2,1-2H3. The Balaban J connectivity index is 2.34. The van der Waals surface area contributed by atoms with Crippen molar-refractivity contribution in [3.05, 3.63) is 11.8 Å². The normalized spacial score (nSPS) is 23.2. The number of carbonyl (C=O) groups is 1. The van der Waals surface area contributed by atoms with Crippen LogP contribution < -0.4 is 0 Å². The van der Waals surface area contributed by atoms with Crippen molar-refractivity contribution < 1.29 is 9.53 Å². The van der Waals surface area contributed by atoms with Crippen LogP contribution in [0.2, 0.25) is 0 Å². The molecule has 0 saturated carbocycles. The van der Waals surface area contributed by atoms with Gasteiger partial charge in [-0.05, 0) is 17.9 Å². The molecule has 1 rings (SSSR count). The second kappa shape index (κ2) is 3.56. The summed E-state index contributed by atoms with van der Waals surface area (Å²) in [5.41, 5.74) is 1.26. The number of ether oxygens (including phenoxy) is 1. The molecule has 0 saturated heterocycles. The molecule has 0 aromatic carbocycles. The summed E-state index contributed by atoms with van der Waals surface area (Å²) >= 11 is 0. The van der Waals surface area contributed by atoms with E-state index in [-0.39, 0.29) is 6.10 Å². The van der Waals surface area contributed by atoms with Crippen LogP contribution in [-0.4, -0.2) is 12.4 Å². The number of rotatable bonds is 3. The molecule has 2 heteroatoms. The molecule has 2 nitrogen and oxygen atoms in total. The first-order valence-electron chi connectivity index (χ1n) is 4.01. The van der Waals surface area contributed by atoms with Gasteiger partial charge in [0.1, 0.15) is 0 Å². The zero-order valence-electron chi connectivity index (χ0n) is 7.04. The van der Waals surface area contributed by atoms with Gasteiger partial charge >= 0.3 is 0 Å². The smallest absolute Gasteiger partial charge is 0.160 e. The number of hydrogen-bond acceptors (Lipinski definition) is 2. The van der Waals surface area contributed by atoms with Crippen LogP contribution in [0.4, 0.5) is 0 Å². The molecule has 1 aliphatic rings. The minimum absolute atomic E-state index is 0.205. The first-order valence-corrected chi connectivity index (χ1v) is 4.01. The van der Waals surface area contributed by atoms with E-state index in [2.05, 4.69) is 13.8 Å². The average Bonchev–Trinajstić information content (AvgIpc) is 2.34. The van der Waals surface area contributed by atoms with E-state index in [0.717, 1.165) is 19.1 Å². The highest BCUT2D eigenvalue weighted by Gasteiger charge is 2.17. The minimum Gasteiger partial charge on any atom is -0.490 e. The van der Waals surface area contributed by atoms with E-state index in [9.17, 15) is 4.79 Å². The lowest BCUT2D eigenvalue weighted by Crippen LogP contribution is -2.06. The predicted molar refractivity (Wildman–Crippen MR) is 43.1 cm³/mol. The monoisotopic (exact) mass is 154 g/mol. The number of hydrogen-bond donors (Lipinski definition) is 0. The first kappa shape index (κ1) is 8.31. The highest BCUT2D eigenvalue weighted by molar-refractivity contribution is 5.57. The Labute approximate surface area is 67.2 Å². The first-order chi connectivity index (χ1) is 5.22. The van der Waals surface area contributed by atoms with Gasteiger partial charge in [-0.2, -0.15) is 0 Å². The fraction of sp³-hybridized carbons (Fsp3) is 0.667. The Morgan fingerprint density at radius 2 is 2.55 bits per heavy atom. The van der Waals surface area contributed by atoms with Crippen molar-refractivity contribution in [2.45, 2.75) is 32.8 Å². The molecular formula is C9H14O2. The van der Waals surface area contributed by atoms with Crippen LogP contribution in [0, 0.1) is 5.92 Å². The van der Waals surface area contributed by atoms with Crippen LogP contribution in [0.5, 0.6) is 0 Å². The zero-order valence-corrected chi connectivity index (χ0v) is 7.04.